The fourth-order valence-electron chi connectivity index (χ4n) is 7.23. The summed E-state index contributed by atoms with van der Waals surface area (Å²) in [7, 11) is -8.05. The predicted molar refractivity (Wildman–Crippen MR) is 231 cm³/mol. The Labute approximate surface area is 376 Å². The van der Waals surface area contributed by atoms with Crippen molar-refractivity contribution in [1.29, 1.82) is 0 Å². The van der Waals surface area contributed by atoms with Crippen LogP contribution in [0.2, 0.25) is 10.0 Å². The number of sulfone groups is 2. The molecule has 13 nitrogen and oxygen atoms in total. The van der Waals surface area contributed by atoms with Crippen molar-refractivity contribution >= 4 is 71.7 Å². The van der Waals surface area contributed by atoms with Gasteiger partial charge in [0.05, 0.1) is 65.7 Å². The van der Waals surface area contributed by atoms with E-state index in [-0.39, 0.29) is 118 Å². The molecule has 0 spiro atoms. The number of halogens is 8. The molecule has 23 heteroatoms. The second-order valence-electron chi connectivity index (χ2n) is 15.8. The molecule has 0 unspecified atom stereocenters. The van der Waals surface area contributed by atoms with Crippen molar-refractivity contribution in [3.8, 4) is 11.5 Å². The summed E-state index contributed by atoms with van der Waals surface area (Å²) >= 11 is 12.5. The molecule has 4 heterocycles. The number of alkyl halides is 6. The molecule has 2 aromatic carbocycles. The lowest BCUT2D eigenvalue weighted by Gasteiger charge is -2.38. The highest BCUT2D eigenvalue weighted by molar-refractivity contribution is 7.91. The maximum atomic E-state index is 15.2. The van der Waals surface area contributed by atoms with E-state index in [1.807, 2.05) is 0 Å². The zero-order valence-electron chi connectivity index (χ0n) is 35.3. The van der Waals surface area contributed by atoms with Crippen molar-refractivity contribution in [1.82, 2.24) is 9.97 Å². The highest BCUT2D eigenvalue weighted by Crippen LogP contribution is 2.44. The molecule has 0 atom stereocenters. The van der Waals surface area contributed by atoms with Crippen LogP contribution in [0, 0.1) is 0 Å². The Kier molecular flexibility index (Phi) is 13.9. The van der Waals surface area contributed by atoms with Gasteiger partial charge in [0.15, 0.2) is 31.2 Å². The first-order valence-electron chi connectivity index (χ1n) is 19.7. The number of hydrogen-bond acceptors (Lipinski definition) is 13. The molecular weight excluding hydrogens is 938 g/mol. The molecule has 0 N–H and O–H groups in total. The van der Waals surface area contributed by atoms with Gasteiger partial charge in [0.2, 0.25) is 5.78 Å². The van der Waals surface area contributed by atoms with Crippen molar-refractivity contribution in [2.45, 2.75) is 62.0 Å². The van der Waals surface area contributed by atoms with Gasteiger partial charge in [-0.3, -0.25) is 4.79 Å². The average molecular weight is 982 g/mol. The second kappa shape index (κ2) is 18.3. The van der Waals surface area contributed by atoms with E-state index >= 15 is 4.79 Å². The highest BCUT2D eigenvalue weighted by atomic mass is 35.5. The number of nitrogens with zero attached hydrogens (tertiary/aromatic N) is 6. The summed E-state index contributed by atoms with van der Waals surface area (Å²) in [6.07, 6.45) is -7.15. The molecule has 6 rings (SSSR count). The second-order valence-corrected chi connectivity index (χ2v) is 20.7. The SMILES string of the molecule is CC(C)Oc1c(C(=O)c2cc(S(C)(=O)=O)cc(N3CCN(c4ncc(C(F)(F)F)cc4Cl)CC3)c2OC(C)C)cc(S(C)(=O)=O)cc1N1CCN(c2ncc(C(F)(F)F)cc2Cl)CC1. The molecule has 2 aliphatic heterocycles. The minimum atomic E-state index is -4.65. The topological polar surface area (TPSA) is 143 Å². The van der Waals surface area contributed by atoms with E-state index in [0.29, 0.717) is 12.4 Å². The monoisotopic (exact) mass is 980 g/mol. The maximum absolute atomic E-state index is 15.2. The zero-order chi connectivity index (χ0) is 47.3. The predicted octanol–water partition coefficient (Wildman–Crippen LogP) is 8.09. The Bertz CT molecular complexity index is 2480. The summed E-state index contributed by atoms with van der Waals surface area (Å²) in [6.45, 7) is 8.10. The van der Waals surface area contributed by atoms with E-state index in [1.165, 1.54) is 12.1 Å². The minimum absolute atomic E-state index is 0.0112. The van der Waals surface area contributed by atoms with Gasteiger partial charge in [-0.1, -0.05) is 23.2 Å². The number of carbonyl (C=O) groups excluding carboxylic acids is 1. The quantitative estimate of drug-likeness (QED) is 0.0999. The third-order valence-electron chi connectivity index (χ3n) is 10.3. The highest BCUT2D eigenvalue weighted by Gasteiger charge is 2.36. The molecular formula is C41H44Cl2F6N6O7S2. The lowest BCUT2D eigenvalue weighted by molar-refractivity contribution is -0.138. The van der Waals surface area contributed by atoms with E-state index in [1.54, 1.807) is 47.3 Å². The van der Waals surface area contributed by atoms with E-state index in [4.69, 9.17) is 32.7 Å². The standard InChI is InChI=1S/C41H44Cl2F6N6O7S2/c1-23(2)61-36-29(17-27(63(5,57)58)19-33(36)52-7-11-54(12-8-52)38-31(42)15-25(21-50-38)40(44,45)46)35(56)30-18-28(64(6,59)60)20-34(37(30)62-24(3)4)53-9-13-55(14-10-53)39-32(43)16-26(22-51-39)41(47,48)49/h15-24H,7-14H2,1-6H3. The van der Waals surface area contributed by atoms with Gasteiger partial charge < -0.3 is 29.1 Å². The molecule has 64 heavy (non-hydrogen) atoms. The number of aromatic nitrogens is 2. The molecule has 0 aliphatic carbocycles. The molecule has 0 radical (unpaired) electrons. The number of ketones is 1. The smallest absolute Gasteiger partial charge is 0.417 e. The van der Waals surface area contributed by atoms with Gasteiger partial charge in [0.25, 0.3) is 0 Å². The molecule has 2 aromatic heterocycles. The van der Waals surface area contributed by atoms with Gasteiger partial charge in [-0.25, -0.2) is 26.8 Å². The van der Waals surface area contributed by atoms with E-state index in [9.17, 15) is 43.2 Å². The van der Waals surface area contributed by atoms with Gasteiger partial charge >= 0.3 is 12.4 Å². The van der Waals surface area contributed by atoms with E-state index in [2.05, 4.69) is 9.97 Å². The number of benzene rings is 2. The Balaban J connectivity index is 1.42. The van der Waals surface area contributed by atoms with Crippen LogP contribution < -0.4 is 29.1 Å². The number of rotatable bonds is 12. The first kappa shape index (κ1) is 48.7. The Morgan fingerprint density at radius 2 is 0.891 bits per heavy atom. The first-order valence-corrected chi connectivity index (χ1v) is 24.3. The van der Waals surface area contributed by atoms with Crippen LogP contribution in [-0.4, -0.2) is 110 Å². The average Bonchev–Trinajstić information content (AvgIpc) is 3.19. The van der Waals surface area contributed by atoms with Crippen LogP contribution in [0.3, 0.4) is 0 Å². The fraction of sp³-hybridized carbons (Fsp3) is 0.439. The summed E-state index contributed by atoms with van der Waals surface area (Å²) in [5.74, 6) is -0.613. The number of anilines is 4. The minimum Gasteiger partial charge on any atom is -0.488 e. The summed E-state index contributed by atoms with van der Waals surface area (Å²) in [4.78, 5) is 29.5. The number of piperazine rings is 2. The molecule has 0 bridgehead atoms. The summed E-state index contributed by atoms with van der Waals surface area (Å²) < 4.78 is 146. The van der Waals surface area contributed by atoms with Crippen LogP contribution in [0.15, 0.2) is 58.6 Å². The van der Waals surface area contributed by atoms with Gasteiger partial charge in [0, 0.05) is 77.3 Å². The summed E-state index contributed by atoms with van der Waals surface area (Å²) in [5, 5.41) is -0.423. The van der Waals surface area contributed by atoms with Crippen LogP contribution in [0.25, 0.3) is 0 Å². The summed E-state index contributed by atoms with van der Waals surface area (Å²) in [6, 6.07) is 6.63. The van der Waals surface area contributed by atoms with Gasteiger partial charge in [-0.05, 0) is 64.1 Å². The van der Waals surface area contributed by atoms with Crippen molar-refractivity contribution in [2.75, 3.05) is 84.5 Å². The Morgan fingerprint density at radius 3 is 1.16 bits per heavy atom. The lowest BCUT2D eigenvalue weighted by Crippen LogP contribution is -2.47. The molecule has 0 amide bonds. The first-order chi connectivity index (χ1) is 29.6. The van der Waals surface area contributed by atoms with E-state index in [0.717, 1.165) is 36.8 Å². The number of hydrogen-bond donors (Lipinski definition) is 0. The number of pyridine rings is 2. The van der Waals surface area contributed by atoms with Crippen LogP contribution >= 0.6 is 23.2 Å². The van der Waals surface area contributed by atoms with Crippen molar-refractivity contribution < 1.29 is 57.4 Å². The van der Waals surface area contributed by atoms with Crippen molar-refractivity contribution in [2.24, 2.45) is 0 Å². The van der Waals surface area contributed by atoms with Crippen LogP contribution in [-0.2, 0) is 32.0 Å². The third-order valence-corrected chi connectivity index (χ3v) is 13.0. The largest absolute Gasteiger partial charge is 0.488 e. The van der Waals surface area contributed by atoms with Crippen molar-refractivity contribution in [3.63, 3.8) is 0 Å². The van der Waals surface area contributed by atoms with Crippen LogP contribution in [0.4, 0.5) is 49.4 Å². The zero-order valence-corrected chi connectivity index (χ0v) is 38.5. The van der Waals surface area contributed by atoms with Gasteiger partial charge in [-0.2, -0.15) is 26.3 Å². The Hall–Kier alpha value is -4.73. The number of carbonyl (C=O) groups is 1. The van der Waals surface area contributed by atoms with E-state index < -0.39 is 61.1 Å². The molecule has 2 saturated heterocycles. The molecule has 4 aromatic rings. The fourth-order valence-corrected chi connectivity index (χ4v) is 9.12. The van der Waals surface area contributed by atoms with Crippen molar-refractivity contribution in [3.05, 3.63) is 81.1 Å². The molecule has 2 aliphatic rings. The van der Waals surface area contributed by atoms with Crippen LogP contribution in [0.1, 0.15) is 54.7 Å². The normalized spacial score (nSPS) is 15.6. The third kappa shape index (κ3) is 10.9. The number of ether oxygens (including phenoxy) is 2. The van der Waals surface area contributed by atoms with Crippen LogP contribution in [0.5, 0.6) is 11.5 Å². The molecule has 348 valence electrons. The van der Waals surface area contributed by atoms with Gasteiger partial charge in [-0.15, -0.1) is 0 Å². The lowest BCUT2D eigenvalue weighted by atomic mass is 9.98. The van der Waals surface area contributed by atoms with Gasteiger partial charge in [0.1, 0.15) is 11.6 Å². The maximum Gasteiger partial charge on any atom is 0.417 e. The molecule has 0 saturated carbocycles. The summed E-state index contributed by atoms with van der Waals surface area (Å²) in [5.41, 5.74) is -2.04. The Morgan fingerprint density at radius 1 is 0.578 bits per heavy atom. The molecule has 2 fully saturated rings.